The lowest BCUT2D eigenvalue weighted by Gasteiger charge is -2.29. The maximum atomic E-state index is 12.2. The van der Waals surface area contributed by atoms with Gasteiger partial charge in [0.2, 0.25) is 5.91 Å². The lowest BCUT2D eigenvalue weighted by molar-refractivity contribution is -0.124. The van der Waals surface area contributed by atoms with E-state index in [4.69, 9.17) is 0 Å². The van der Waals surface area contributed by atoms with Crippen LogP contribution in [0.1, 0.15) is 19.3 Å². The van der Waals surface area contributed by atoms with Gasteiger partial charge in [-0.2, -0.15) is 0 Å². The first-order valence-electron chi connectivity index (χ1n) is 6.52. The monoisotopic (exact) mass is 239 g/mol. The lowest BCUT2D eigenvalue weighted by atomic mass is 9.84. The molecule has 1 saturated carbocycles. The number of carbonyl (C=O) groups excluding carboxylic acids is 1. The molecule has 0 saturated heterocycles. The average Bonchev–Trinajstić information content (AvgIpc) is 2.35. The number of carbonyl (C=O) groups is 1. The molecule has 2 heteroatoms. The van der Waals surface area contributed by atoms with E-state index in [1.165, 1.54) is 17.2 Å². The smallest absolute Gasteiger partial charge is 0.229 e. The van der Waals surface area contributed by atoms with Crippen molar-refractivity contribution in [3.05, 3.63) is 42.5 Å². The molecule has 92 valence electrons. The summed E-state index contributed by atoms with van der Waals surface area (Å²) in [6.07, 6.45) is 3.30. The molecule has 0 radical (unpaired) electrons. The Labute approximate surface area is 107 Å². The highest BCUT2D eigenvalue weighted by Gasteiger charge is 2.28. The van der Waals surface area contributed by atoms with Gasteiger partial charge in [-0.15, -0.1) is 0 Å². The van der Waals surface area contributed by atoms with Crippen LogP contribution in [0.3, 0.4) is 0 Å². The van der Waals surface area contributed by atoms with Crippen molar-refractivity contribution in [2.75, 3.05) is 11.9 Å². The van der Waals surface area contributed by atoms with Crippen LogP contribution in [0.4, 0.5) is 5.69 Å². The Hall–Kier alpha value is -1.83. The number of hydrogen-bond acceptors (Lipinski definition) is 1. The van der Waals surface area contributed by atoms with Gasteiger partial charge in [0, 0.05) is 18.7 Å². The van der Waals surface area contributed by atoms with Crippen molar-refractivity contribution in [2.24, 2.45) is 5.92 Å². The van der Waals surface area contributed by atoms with E-state index in [0.717, 1.165) is 18.5 Å². The van der Waals surface area contributed by atoms with Crippen molar-refractivity contribution < 1.29 is 4.79 Å². The van der Waals surface area contributed by atoms with Gasteiger partial charge in [-0.25, -0.2) is 0 Å². The van der Waals surface area contributed by atoms with Gasteiger partial charge in [0.1, 0.15) is 0 Å². The fraction of sp³-hybridized carbons (Fsp3) is 0.312. The normalized spacial score (nSPS) is 15.4. The molecule has 0 bridgehead atoms. The van der Waals surface area contributed by atoms with Gasteiger partial charge in [-0.3, -0.25) is 4.79 Å². The minimum atomic E-state index is 0.251. The average molecular weight is 239 g/mol. The molecule has 0 N–H and O–H groups in total. The molecular formula is C16H17NO. The number of anilines is 1. The standard InChI is InChI=1S/C16H17NO/c1-17(16(18)13-7-4-8-13)15-10-9-12-5-2-3-6-14(12)11-15/h2-3,5-6,9-11,13H,4,7-8H2,1H3. The van der Waals surface area contributed by atoms with Crippen LogP contribution in [0.5, 0.6) is 0 Å². The predicted octanol–water partition coefficient (Wildman–Crippen LogP) is 3.60. The fourth-order valence-corrected chi connectivity index (χ4v) is 2.44. The Morgan fingerprint density at radius 1 is 1.11 bits per heavy atom. The summed E-state index contributed by atoms with van der Waals surface area (Å²) in [7, 11) is 1.88. The lowest BCUT2D eigenvalue weighted by Crippen LogP contribution is -2.36. The van der Waals surface area contributed by atoms with Crippen LogP contribution in [0.15, 0.2) is 42.5 Å². The van der Waals surface area contributed by atoms with E-state index in [9.17, 15) is 4.79 Å². The molecule has 0 aliphatic heterocycles. The molecule has 0 atom stereocenters. The van der Waals surface area contributed by atoms with E-state index in [1.54, 1.807) is 4.90 Å². The maximum absolute atomic E-state index is 12.2. The van der Waals surface area contributed by atoms with Crippen molar-refractivity contribution in [1.82, 2.24) is 0 Å². The molecular weight excluding hydrogens is 222 g/mol. The van der Waals surface area contributed by atoms with Gasteiger partial charge in [0.05, 0.1) is 0 Å². The van der Waals surface area contributed by atoms with Crippen LogP contribution in [-0.2, 0) is 4.79 Å². The summed E-state index contributed by atoms with van der Waals surface area (Å²) in [6, 6.07) is 14.4. The van der Waals surface area contributed by atoms with Crippen molar-refractivity contribution in [3.8, 4) is 0 Å². The topological polar surface area (TPSA) is 20.3 Å². The largest absolute Gasteiger partial charge is 0.315 e. The third-order valence-electron chi connectivity index (χ3n) is 3.91. The first kappa shape index (κ1) is 11.3. The Kier molecular flexibility index (Phi) is 2.78. The van der Waals surface area contributed by atoms with Gasteiger partial charge in [-0.1, -0.05) is 36.8 Å². The van der Waals surface area contributed by atoms with Crippen molar-refractivity contribution in [1.29, 1.82) is 0 Å². The summed E-state index contributed by atoms with van der Waals surface area (Å²) >= 11 is 0. The molecule has 0 aromatic heterocycles. The summed E-state index contributed by atoms with van der Waals surface area (Å²) < 4.78 is 0. The van der Waals surface area contributed by atoms with E-state index in [2.05, 4.69) is 24.3 Å². The number of benzene rings is 2. The number of hydrogen-bond donors (Lipinski definition) is 0. The molecule has 0 spiro atoms. The first-order valence-corrected chi connectivity index (χ1v) is 6.52. The highest BCUT2D eigenvalue weighted by molar-refractivity contribution is 5.97. The van der Waals surface area contributed by atoms with E-state index >= 15 is 0 Å². The zero-order chi connectivity index (χ0) is 12.5. The fourth-order valence-electron chi connectivity index (χ4n) is 2.44. The summed E-state index contributed by atoms with van der Waals surface area (Å²) in [5.74, 6) is 0.512. The molecule has 3 rings (SSSR count). The Morgan fingerprint density at radius 2 is 1.83 bits per heavy atom. The van der Waals surface area contributed by atoms with Gasteiger partial charge in [0.25, 0.3) is 0 Å². The Morgan fingerprint density at radius 3 is 2.50 bits per heavy atom. The molecule has 0 unspecified atom stereocenters. The number of amides is 1. The molecule has 1 aliphatic rings. The Bertz CT molecular complexity index is 586. The van der Waals surface area contributed by atoms with Crippen LogP contribution in [0, 0.1) is 5.92 Å². The van der Waals surface area contributed by atoms with Crippen molar-refractivity contribution in [2.45, 2.75) is 19.3 Å². The van der Waals surface area contributed by atoms with Gasteiger partial charge in [-0.05, 0) is 35.7 Å². The van der Waals surface area contributed by atoms with Crippen LogP contribution < -0.4 is 4.90 Å². The number of fused-ring (bicyclic) bond motifs is 1. The number of rotatable bonds is 2. The third kappa shape index (κ3) is 1.88. The van der Waals surface area contributed by atoms with E-state index in [1.807, 2.05) is 25.2 Å². The SMILES string of the molecule is CN(C(=O)C1CCC1)c1ccc2ccccc2c1. The first-order chi connectivity index (χ1) is 8.75. The predicted molar refractivity (Wildman–Crippen MR) is 74.7 cm³/mol. The van der Waals surface area contributed by atoms with Crippen LogP contribution in [0.2, 0.25) is 0 Å². The van der Waals surface area contributed by atoms with Crippen molar-refractivity contribution >= 4 is 22.4 Å². The minimum absolute atomic E-state index is 0.251. The van der Waals surface area contributed by atoms with Gasteiger partial charge in [0.15, 0.2) is 0 Å². The summed E-state index contributed by atoms with van der Waals surface area (Å²) in [5.41, 5.74) is 0.991. The maximum Gasteiger partial charge on any atom is 0.229 e. The van der Waals surface area contributed by atoms with Crippen LogP contribution in [-0.4, -0.2) is 13.0 Å². The minimum Gasteiger partial charge on any atom is -0.315 e. The highest BCUT2D eigenvalue weighted by atomic mass is 16.2. The Balaban J connectivity index is 1.91. The molecule has 2 aromatic rings. The van der Waals surface area contributed by atoms with Crippen LogP contribution in [0.25, 0.3) is 10.8 Å². The molecule has 0 heterocycles. The van der Waals surface area contributed by atoms with E-state index in [0.29, 0.717) is 0 Å². The molecule has 18 heavy (non-hydrogen) atoms. The quantitative estimate of drug-likeness (QED) is 0.784. The molecule has 2 nitrogen and oxygen atoms in total. The summed E-state index contributed by atoms with van der Waals surface area (Å²) in [6.45, 7) is 0. The van der Waals surface area contributed by atoms with E-state index < -0.39 is 0 Å². The highest BCUT2D eigenvalue weighted by Crippen LogP contribution is 2.30. The third-order valence-corrected chi connectivity index (χ3v) is 3.91. The van der Waals surface area contributed by atoms with Crippen molar-refractivity contribution in [3.63, 3.8) is 0 Å². The zero-order valence-corrected chi connectivity index (χ0v) is 10.6. The second-order valence-electron chi connectivity index (χ2n) is 5.06. The zero-order valence-electron chi connectivity index (χ0n) is 10.6. The molecule has 1 fully saturated rings. The number of nitrogens with zero attached hydrogens (tertiary/aromatic N) is 1. The molecule has 1 aliphatic carbocycles. The van der Waals surface area contributed by atoms with Gasteiger partial charge >= 0.3 is 0 Å². The summed E-state index contributed by atoms with van der Waals surface area (Å²) in [4.78, 5) is 14.0. The molecule has 2 aromatic carbocycles. The second-order valence-corrected chi connectivity index (χ2v) is 5.06. The van der Waals surface area contributed by atoms with E-state index in [-0.39, 0.29) is 11.8 Å². The van der Waals surface area contributed by atoms with Gasteiger partial charge < -0.3 is 4.90 Å². The molecule has 1 amide bonds. The van der Waals surface area contributed by atoms with Crippen LogP contribution >= 0.6 is 0 Å². The summed E-state index contributed by atoms with van der Waals surface area (Å²) in [5, 5.41) is 2.40. The second kappa shape index (κ2) is 4.45.